The van der Waals surface area contributed by atoms with Crippen molar-refractivity contribution in [3.63, 3.8) is 0 Å². The minimum absolute atomic E-state index is 0.0144. The van der Waals surface area contributed by atoms with E-state index in [1.807, 2.05) is 18.2 Å². The molecule has 13 heavy (non-hydrogen) atoms. The molecule has 1 aromatic rings. The van der Waals surface area contributed by atoms with Crippen LogP contribution in [0.25, 0.3) is 0 Å². The molecule has 0 atom stereocenters. The highest BCUT2D eigenvalue weighted by Gasteiger charge is 2.16. The van der Waals surface area contributed by atoms with Gasteiger partial charge in [0.2, 0.25) is 0 Å². The maximum absolute atomic E-state index is 11.5. The van der Waals surface area contributed by atoms with Gasteiger partial charge in [-0.25, -0.2) is 0 Å². The van der Waals surface area contributed by atoms with E-state index in [2.05, 4.69) is 0 Å². The zero-order valence-electron chi connectivity index (χ0n) is 7.42. The van der Waals surface area contributed by atoms with Crippen molar-refractivity contribution in [3.05, 3.63) is 34.9 Å². The van der Waals surface area contributed by atoms with Crippen LogP contribution in [0.5, 0.6) is 0 Å². The van der Waals surface area contributed by atoms with Gasteiger partial charge in [-0.3, -0.25) is 4.79 Å². The average Bonchev–Trinajstić information content (AvgIpc) is 2.18. The van der Waals surface area contributed by atoms with Crippen molar-refractivity contribution in [3.8, 4) is 0 Å². The largest absolute Gasteiger partial charge is 0.392 e. The van der Waals surface area contributed by atoms with E-state index in [0.717, 1.165) is 29.5 Å². The standard InChI is InChI=1S/C11H12O2/c12-7-8-4-5-9-2-1-3-11(13)10(9)6-8/h4-6,12H,1-3,7H2. The van der Waals surface area contributed by atoms with Crippen molar-refractivity contribution in [1.82, 2.24) is 0 Å². The summed E-state index contributed by atoms with van der Waals surface area (Å²) in [5.41, 5.74) is 2.78. The Labute approximate surface area is 77.2 Å². The molecule has 0 saturated heterocycles. The molecule has 1 aromatic carbocycles. The van der Waals surface area contributed by atoms with Gasteiger partial charge in [-0.05, 0) is 30.0 Å². The number of aliphatic hydroxyl groups is 1. The molecule has 0 aromatic heterocycles. The van der Waals surface area contributed by atoms with E-state index in [1.54, 1.807) is 0 Å². The minimum atomic E-state index is 0.0144. The second-order valence-corrected chi connectivity index (χ2v) is 3.43. The lowest BCUT2D eigenvalue weighted by Gasteiger charge is -2.14. The fourth-order valence-electron chi connectivity index (χ4n) is 1.77. The predicted octanol–water partition coefficient (Wildman–Crippen LogP) is 1.70. The second kappa shape index (κ2) is 3.30. The fraction of sp³-hybridized carbons (Fsp3) is 0.364. The molecule has 1 aliphatic carbocycles. The summed E-state index contributed by atoms with van der Waals surface area (Å²) in [5, 5.41) is 8.91. The first-order valence-corrected chi connectivity index (χ1v) is 4.57. The van der Waals surface area contributed by atoms with E-state index in [4.69, 9.17) is 5.11 Å². The van der Waals surface area contributed by atoms with Crippen LogP contribution in [-0.2, 0) is 13.0 Å². The van der Waals surface area contributed by atoms with Crippen molar-refractivity contribution in [2.45, 2.75) is 25.9 Å². The highest BCUT2D eigenvalue weighted by molar-refractivity contribution is 5.98. The Bertz CT molecular complexity index is 342. The lowest BCUT2D eigenvalue weighted by Crippen LogP contribution is -2.11. The van der Waals surface area contributed by atoms with Crippen molar-refractivity contribution >= 4 is 5.78 Å². The van der Waals surface area contributed by atoms with Gasteiger partial charge < -0.3 is 5.11 Å². The summed E-state index contributed by atoms with van der Waals surface area (Å²) in [4.78, 5) is 11.5. The molecule has 0 unspecified atom stereocenters. The normalized spacial score (nSPS) is 15.6. The van der Waals surface area contributed by atoms with Gasteiger partial charge in [0.05, 0.1) is 6.61 Å². The molecule has 0 radical (unpaired) electrons. The van der Waals surface area contributed by atoms with E-state index >= 15 is 0 Å². The molecule has 0 fully saturated rings. The number of fused-ring (bicyclic) bond motifs is 1. The Kier molecular flexibility index (Phi) is 2.15. The fourth-order valence-corrected chi connectivity index (χ4v) is 1.77. The Morgan fingerprint density at radius 3 is 2.92 bits per heavy atom. The van der Waals surface area contributed by atoms with Crippen molar-refractivity contribution in [2.75, 3.05) is 0 Å². The lowest BCUT2D eigenvalue weighted by molar-refractivity contribution is 0.0972. The number of Topliss-reactive ketones (excluding diaryl/α,β-unsaturated/α-hetero) is 1. The number of carbonyl (C=O) groups excluding carboxylic acids is 1. The van der Waals surface area contributed by atoms with Crippen molar-refractivity contribution < 1.29 is 9.90 Å². The first-order chi connectivity index (χ1) is 6.31. The second-order valence-electron chi connectivity index (χ2n) is 3.43. The predicted molar refractivity (Wildman–Crippen MR) is 49.6 cm³/mol. The third-order valence-electron chi connectivity index (χ3n) is 2.51. The third-order valence-corrected chi connectivity index (χ3v) is 2.51. The van der Waals surface area contributed by atoms with Crippen LogP contribution in [0, 0.1) is 0 Å². The molecular formula is C11H12O2. The number of carbonyl (C=O) groups is 1. The molecule has 2 rings (SSSR count). The van der Waals surface area contributed by atoms with Crippen molar-refractivity contribution in [1.29, 1.82) is 0 Å². The maximum Gasteiger partial charge on any atom is 0.163 e. The average molecular weight is 176 g/mol. The summed E-state index contributed by atoms with van der Waals surface area (Å²) < 4.78 is 0. The highest BCUT2D eigenvalue weighted by atomic mass is 16.3. The molecule has 68 valence electrons. The topological polar surface area (TPSA) is 37.3 Å². The number of hydrogen-bond donors (Lipinski definition) is 1. The van der Waals surface area contributed by atoms with E-state index in [1.165, 1.54) is 0 Å². The van der Waals surface area contributed by atoms with Crippen LogP contribution in [-0.4, -0.2) is 10.9 Å². The Morgan fingerprint density at radius 2 is 2.15 bits per heavy atom. The number of aliphatic hydroxyl groups excluding tert-OH is 1. The highest BCUT2D eigenvalue weighted by Crippen LogP contribution is 2.22. The number of benzene rings is 1. The molecule has 2 heteroatoms. The van der Waals surface area contributed by atoms with Crippen LogP contribution in [0.2, 0.25) is 0 Å². The molecule has 0 heterocycles. The van der Waals surface area contributed by atoms with Gasteiger partial charge in [0, 0.05) is 12.0 Å². The molecule has 2 nitrogen and oxygen atoms in total. The monoisotopic (exact) mass is 176 g/mol. The number of rotatable bonds is 1. The molecule has 0 bridgehead atoms. The smallest absolute Gasteiger partial charge is 0.163 e. The van der Waals surface area contributed by atoms with E-state index < -0.39 is 0 Å². The van der Waals surface area contributed by atoms with Crippen LogP contribution in [0.3, 0.4) is 0 Å². The van der Waals surface area contributed by atoms with E-state index in [-0.39, 0.29) is 12.4 Å². The van der Waals surface area contributed by atoms with Gasteiger partial charge in [-0.1, -0.05) is 12.1 Å². The van der Waals surface area contributed by atoms with Gasteiger partial charge >= 0.3 is 0 Å². The summed E-state index contributed by atoms with van der Waals surface area (Å²) in [5.74, 6) is 0.219. The SMILES string of the molecule is O=C1CCCc2ccc(CO)cc21. The molecule has 1 aliphatic rings. The first kappa shape index (κ1) is 8.45. The van der Waals surface area contributed by atoms with Crippen LogP contribution in [0.1, 0.15) is 34.3 Å². The van der Waals surface area contributed by atoms with E-state index in [9.17, 15) is 4.79 Å². The lowest BCUT2D eigenvalue weighted by atomic mass is 9.89. The van der Waals surface area contributed by atoms with Crippen LogP contribution < -0.4 is 0 Å². The summed E-state index contributed by atoms with van der Waals surface area (Å²) in [6, 6.07) is 5.66. The Hall–Kier alpha value is -1.15. The maximum atomic E-state index is 11.5. The molecule has 1 N–H and O–H groups in total. The number of ketones is 1. The molecular weight excluding hydrogens is 164 g/mol. The first-order valence-electron chi connectivity index (χ1n) is 4.57. The zero-order valence-corrected chi connectivity index (χ0v) is 7.42. The van der Waals surface area contributed by atoms with Gasteiger partial charge in [0.1, 0.15) is 0 Å². The summed E-state index contributed by atoms with van der Waals surface area (Å²) in [6.07, 6.45) is 2.61. The molecule has 0 aliphatic heterocycles. The van der Waals surface area contributed by atoms with Crippen LogP contribution in [0.15, 0.2) is 18.2 Å². The molecule has 0 saturated carbocycles. The van der Waals surface area contributed by atoms with E-state index in [0.29, 0.717) is 6.42 Å². The quantitative estimate of drug-likeness (QED) is 0.707. The summed E-state index contributed by atoms with van der Waals surface area (Å²) in [6.45, 7) is 0.0144. The summed E-state index contributed by atoms with van der Waals surface area (Å²) in [7, 11) is 0. The Morgan fingerprint density at radius 1 is 1.31 bits per heavy atom. The number of hydrogen-bond acceptors (Lipinski definition) is 2. The van der Waals surface area contributed by atoms with Gasteiger partial charge in [-0.2, -0.15) is 0 Å². The van der Waals surface area contributed by atoms with Gasteiger partial charge in [-0.15, -0.1) is 0 Å². The molecule has 0 amide bonds. The van der Waals surface area contributed by atoms with Crippen LogP contribution >= 0.6 is 0 Å². The zero-order chi connectivity index (χ0) is 9.26. The van der Waals surface area contributed by atoms with Gasteiger partial charge in [0.25, 0.3) is 0 Å². The van der Waals surface area contributed by atoms with Crippen molar-refractivity contribution in [2.24, 2.45) is 0 Å². The molecule has 0 spiro atoms. The summed E-state index contributed by atoms with van der Waals surface area (Å²) >= 11 is 0. The van der Waals surface area contributed by atoms with Gasteiger partial charge in [0.15, 0.2) is 5.78 Å². The minimum Gasteiger partial charge on any atom is -0.392 e. The third kappa shape index (κ3) is 1.49. The number of aryl methyl sites for hydroxylation is 1. The van der Waals surface area contributed by atoms with Crippen LogP contribution in [0.4, 0.5) is 0 Å². The Balaban J connectivity index is 2.47.